The number of esters is 2. The van der Waals surface area contributed by atoms with Gasteiger partial charge in [0.05, 0.1) is 6.10 Å². The maximum atomic E-state index is 12.5. The van der Waals surface area contributed by atoms with Crippen molar-refractivity contribution >= 4 is 29.7 Å². The molecule has 0 aromatic carbocycles. The van der Waals surface area contributed by atoms with Gasteiger partial charge in [-0.25, -0.2) is 0 Å². The van der Waals surface area contributed by atoms with Crippen molar-refractivity contribution in [2.24, 2.45) is 11.7 Å². The van der Waals surface area contributed by atoms with Gasteiger partial charge < -0.3 is 30.5 Å². The van der Waals surface area contributed by atoms with Crippen molar-refractivity contribution in [3.63, 3.8) is 0 Å². The lowest BCUT2D eigenvalue weighted by molar-refractivity contribution is -0.153. The highest BCUT2D eigenvalue weighted by atomic mass is 32.2. The van der Waals surface area contributed by atoms with Crippen LogP contribution >= 0.6 is 11.8 Å². The van der Waals surface area contributed by atoms with Crippen molar-refractivity contribution in [3.8, 4) is 0 Å². The zero-order valence-corrected chi connectivity index (χ0v) is 37.0. The van der Waals surface area contributed by atoms with E-state index in [1.54, 1.807) is 0 Å². The number of nitrogens with two attached hydrogens (primary N) is 1. The molecule has 0 aliphatic rings. The second-order valence-electron chi connectivity index (χ2n) is 15.6. The molecule has 0 fully saturated rings. The molecule has 0 saturated carbocycles. The number of aliphatic hydroxyl groups is 2. The zero-order chi connectivity index (χ0) is 42.2. The van der Waals surface area contributed by atoms with Crippen molar-refractivity contribution in [2.45, 2.75) is 205 Å². The van der Waals surface area contributed by atoms with E-state index < -0.39 is 35.4 Å². The molecule has 5 N–H and O–H groups in total. The van der Waals surface area contributed by atoms with Gasteiger partial charge in [-0.2, -0.15) is 0 Å². The quantitative estimate of drug-likeness (QED) is 0.0203. The van der Waals surface area contributed by atoms with Gasteiger partial charge in [0.1, 0.15) is 25.4 Å². The lowest BCUT2D eigenvalue weighted by atomic mass is 9.99. The maximum Gasteiger partial charge on any atom is 0.323 e. The third-order valence-electron chi connectivity index (χ3n) is 10.1. The van der Waals surface area contributed by atoms with Crippen LogP contribution in [0.1, 0.15) is 181 Å². The summed E-state index contributed by atoms with van der Waals surface area (Å²) in [5.41, 5.74) is 6.07. The van der Waals surface area contributed by atoms with Crippen LogP contribution in [0.15, 0.2) is 48.6 Å². The first-order valence-electron chi connectivity index (χ1n) is 22.5. The van der Waals surface area contributed by atoms with E-state index in [9.17, 15) is 24.6 Å². The zero-order valence-electron chi connectivity index (χ0n) is 36.2. The number of carboxylic acids is 1. The summed E-state index contributed by atoms with van der Waals surface area (Å²) >= 11 is 1.27. The van der Waals surface area contributed by atoms with E-state index in [1.165, 1.54) is 114 Å². The van der Waals surface area contributed by atoms with Gasteiger partial charge in [0.2, 0.25) is 0 Å². The van der Waals surface area contributed by atoms with Gasteiger partial charge in [-0.05, 0) is 44.4 Å². The van der Waals surface area contributed by atoms with E-state index in [0.717, 1.165) is 38.0 Å². The van der Waals surface area contributed by atoms with Crippen LogP contribution in [0, 0.1) is 5.92 Å². The number of ether oxygens (including phenoxy) is 2. The molecule has 0 amide bonds. The van der Waals surface area contributed by atoms with Crippen LogP contribution in [0.4, 0.5) is 0 Å². The smallest absolute Gasteiger partial charge is 0.323 e. The fourth-order valence-electron chi connectivity index (χ4n) is 6.15. The number of unbranched alkanes of at least 4 members (excludes halogenated alkanes) is 16. The van der Waals surface area contributed by atoms with Gasteiger partial charge in [-0.1, -0.05) is 179 Å². The molecule has 0 radical (unpaired) electrons. The number of rotatable bonds is 40. The average molecular weight is 822 g/mol. The van der Waals surface area contributed by atoms with Crippen LogP contribution in [0.25, 0.3) is 0 Å². The molecule has 330 valence electrons. The molecule has 0 aliphatic heterocycles. The number of hydrogen-bond acceptors (Lipinski definition) is 9. The summed E-state index contributed by atoms with van der Waals surface area (Å²) in [5.74, 6) is -0.984. The van der Waals surface area contributed by atoms with E-state index in [4.69, 9.17) is 20.3 Å². The first kappa shape index (κ1) is 54.6. The second-order valence-corrected chi connectivity index (χ2v) is 16.8. The Morgan fingerprint density at radius 2 is 1.26 bits per heavy atom. The summed E-state index contributed by atoms with van der Waals surface area (Å²) in [6.07, 6.45) is 40.4. The van der Waals surface area contributed by atoms with Crippen molar-refractivity contribution in [1.82, 2.24) is 0 Å². The van der Waals surface area contributed by atoms with E-state index in [-0.39, 0.29) is 37.8 Å². The van der Waals surface area contributed by atoms with Crippen LogP contribution < -0.4 is 5.73 Å². The molecule has 57 heavy (non-hydrogen) atoms. The van der Waals surface area contributed by atoms with Gasteiger partial charge in [0.25, 0.3) is 0 Å². The summed E-state index contributed by atoms with van der Waals surface area (Å²) in [5, 5.41) is 29.5. The third kappa shape index (κ3) is 37.6. The highest BCUT2D eigenvalue weighted by Gasteiger charge is 2.23. The molecule has 0 aromatic rings. The molecule has 0 heterocycles. The Hall–Kier alpha value is -2.40. The van der Waals surface area contributed by atoms with Gasteiger partial charge in [0, 0.05) is 23.8 Å². The number of carbonyl (C=O) groups excluding carboxylic acids is 2. The number of carbonyl (C=O) groups is 3. The monoisotopic (exact) mass is 822 g/mol. The average Bonchev–Trinajstić information content (AvgIpc) is 3.19. The summed E-state index contributed by atoms with van der Waals surface area (Å²) < 4.78 is 10.3. The normalized spacial score (nSPS) is 14.8. The van der Waals surface area contributed by atoms with Crippen molar-refractivity contribution < 1.29 is 39.2 Å². The second kappa shape index (κ2) is 40.4. The highest BCUT2D eigenvalue weighted by Crippen LogP contribution is 2.22. The van der Waals surface area contributed by atoms with Crippen LogP contribution in [0.3, 0.4) is 0 Å². The number of thioether (sulfide) groups is 1. The van der Waals surface area contributed by atoms with Crippen LogP contribution in [-0.4, -0.2) is 75.7 Å². The molecule has 0 aliphatic carbocycles. The molecule has 10 heteroatoms. The maximum absolute atomic E-state index is 12.5. The molecule has 1 unspecified atom stereocenters. The number of carboxylic acid groups (broad SMARTS) is 1. The molecular formula is C47H83NO8S. The topological polar surface area (TPSA) is 156 Å². The predicted molar refractivity (Wildman–Crippen MR) is 238 cm³/mol. The minimum absolute atomic E-state index is 0.0430. The van der Waals surface area contributed by atoms with Crippen LogP contribution in [-0.2, 0) is 23.9 Å². The summed E-state index contributed by atoms with van der Waals surface area (Å²) in [4.78, 5) is 35.6. The Morgan fingerprint density at radius 3 is 1.88 bits per heavy atom. The Morgan fingerprint density at radius 1 is 0.667 bits per heavy atom. The Balaban J connectivity index is 4.22. The molecule has 0 aromatic heterocycles. The van der Waals surface area contributed by atoms with Gasteiger partial charge in [-0.3, -0.25) is 14.4 Å². The Kier molecular flexibility index (Phi) is 38.7. The number of aliphatic carboxylic acids is 1. The number of allylic oxidation sites excluding steroid dienone is 7. The Labute approximate surface area is 351 Å². The first-order valence-corrected chi connectivity index (χ1v) is 23.6. The fourth-order valence-corrected chi connectivity index (χ4v) is 7.28. The van der Waals surface area contributed by atoms with E-state index in [0.29, 0.717) is 12.8 Å². The standard InChI is InChI=1S/C47H83NO8S/c1-4-6-7-8-9-10-11-17-20-23-26-29-34-44(43(50)33-31-35-45(51)52)57-39-42(48)47(54)56-38-41(49)37-55-46(53)36-30-27-24-21-18-15-13-12-14-16-19-22-25-28-32-40(3)5-2/h9-10,17,20,23,26,29,34,40-44,49-50H,4-8,11-16,18-19,21-22,24-25,27-28,30-33,35-39,48H2,1-3H3,(H,51,52)/b10-9-,20-17-,26-23+,34-29+/t40?,41-,42-,43-,44+/m0/s1. The molecule has 9 nitrogen and oxygen atoms in total. The van der Waals surface area contributed by atoms with Gasteiger partial charge >= 0.3 is 17.9 Å². The predicted octanol–water partition coefficient (Wildman–Crippen LogP) is 11.0. The first-order chi connectivity index (χ1) is 27.6. The van der Waals surface area contributed by atoms with E-state index in [2.05, 4.69) is 39.0 Å². The molecular weight excluding hydrogens is 739 g/mol. The molecule has 0 saturated heterocycles. The summed E-state index contributed by atoms with van der Waals surface area (Å²) in [6, 6.07) is -1.01. The van der Waals surface area contributed by atoms with Crippen LogP contribution in [0.5, 0.6) is 0 Å². The van der Waals surface area contributed by atoms with Gasteiger partial charge in [-0.15, -0.1) is 11.8 Å². The van der Waals surface area contributed by atoms with Crippen LogP contribution in [0.2, 0.25) is 0 Å². The highest BCUT2D eigenvalue weighted by molar-refractivity contribution is 8.00. The number of aliphatic hydroxyl groups excluding tert-OH is 2. The van der Waals surface area contributed by atoms with Crippen molar-refractivity contribution in [3.05, 3.63) is 48.6 Å². The molecule has 0 bridgehead atoms. The fraction of sp³-hybridized carbons (Fsp3) is 0.766. The minimum atomic E-state index is -1.16. The summed E-state index contributed by atoms with van der Waals surface area (Å²) in [7, 11) is 0. The molecule has 5 atom stereocenters. The van der Waals surface area contributed by atoms with E-state index in [1.807, 2.05) is 30.4 Å². The molecule has 0 spiro atoms. The Bertz CT molecular complexity index is 1090. The van der Waals surface area contributed by atoms with Crippen molar-refractivity contribution in [2.75, 3.05) is 19.0 Å². The summed E-state index contributed by atoms with van der Waals surface area (Å²) in [6.45, 7) is 6.22. The lowest BCUT2D eigenvalue weighted by Crippen LogP contribution is -2.38. The minimum Gasteiger partial charge on any atom is -0.481 e. The van der Waals surface area contributed by atoms with Crippen molar-refractivity contribution in [1.29, 1.82) is 0 Å². The lowest BCUT2D eigenvalue weighted by Gasteiger charge is -2.21. The third-order valence-corrected chi connectivity index (χ3v) is 11.5. The largest absolute Gasteiger partial charge is 0.481 e. The number of hydrogen-bond donors (Lipinski definition) is 4. The van der Waals surface area contributed by atoms with E-state index >= 15 is 0 Å². The SMILES string of the molecule is CCCCC/C=C\C\C=C/C=C/C=C/[C@@H](SC[C@H](N)C(=O)OC[C@@H](O)COC(=O)CCCCCCCCCCCCCCCCC(C)CC)[C@@H](O)CCCC(=O)O. The van der Waals surface area contributed by atoms with Gasteiger partial charge in [0.15, 0.2) is 0 Å². The molecule has 0 rings (SSSR count).